The lowest BCUT2D eigenvalue weighted by Crippen LogP contribution is -2.61. The molecule has 0 fully saturated rings. The third kappa shape index (κ3) is 26.2. The normalized spacial score (nSPS) is 15.5. The summed E-state index contributed by atoms with van der Waals surface area (Å²) in [5.74, 6) is -15.6. The van der Waals surface area contributed by atoms with E-state index in [9.17, 15) is 82.8 Å². The average molecular weight is 1110 g/mol. The molecular weight excluding hydrogens is 1030 g/mol. The largest absolute Gasteiger partial charge is 0.481 e. The van der Waals surface area contributed by atoms with Crippen LogP contribution in [-0.4, -0.2) is 182 Å². The fourth-order valence-corrected chi connectivity index (χ4v) is 7.44. The highest BCUT2D eigenvalue weighted by Crippen LogP contribution is 2.13. The van der Waals surface area contributed by atoms with Gasteiger partial charge in [-0.3, -0.25) is 57.5 Å². The van der Waals surface area contributed by atoms with Gasteiger partial charge < -0.3 is 79.7 Å². The molecule has 0 unspecified atom stereocenters. The average Bonchev–Trinajstić information content (AvgIpc) is 3.32. The Labute approximate surface area is 444 Å². The number of nitrogens with one attached hydrogen (secondary N) is 9. The lowest BCUT2D eigenvalue weighted by atomic mass is 9.96. The van der Waals surface area contributed by atoms with E-state index in [0.717, 1.165) is 0 Å². The molecule has 0 spiro atoms. The van der Waals surface area contributed by atoms with Gasteiger partial charge in [0.25, 0.3) is 0 Å². The highest BCUT2D eigenvalue weighted by molar-refractivity contribution is 7.98. The predicted octanol–water partition coefficient (Wildman–Crippen LogP) is -4.19. The maximum absolute atomic E-state index is 14.0. The predicted molar refractivity (Wildman–Crippen MR) is 274 cm³/mol. The highest BCUT2D eigenvalue weighted by Gasteiger charge is 2.37. The number of aliphatic carboxylic acids is 3. The second-order valence-corrected chi connectivity index (χ2v) is 19.8. The SMILES string of the molecule is CC[C@H](C)[C@H](NC(=O)[C@H](CCC(=O)O)NC(=O)[C@@H](NC(=O)[C@@H](N)CO)C(C)C)C(=O)N[C@@H](CCC(N)=O)C(=O)N[C@@H](C)C(=O)N[C@@H](CC(C)C)C(=O)N[C@@H](CS)C(=O)N[C@@H](CC(=O)O)C(=O)N[C@@H](CCSC)C(=O)O. The van der Waals surface area contributed by atoms with Crippen molar-refractivity contribution in [3.63, 3.8) is 0 Å². The molecule has 426 valence electrons. The van der Waals surface area contributed by atoms with Crippen molar-refractivity contribution in [3.05, 3.63) is 0 Å². The number of carboxylic acids is 3. The summed E-state index contributed by atoms with van der Waals surface area (Å²) in [6.07, 6.45) is -1.03. The quantitative estimate of drug-likeness (QED) is 0.0262. The Bertz CT molecular complexity index is 2020. The lowest BCUT2D eigenvalue weighted by Gasteiger charge is -2.30. The first kappa shape index (κ1) is 68.7. The van der Waals surface area contributed by atoms with E-state index in [2.05, 4.69) is 60.5 Å². The fourth-order valence-electron chi connectivity index (χ4n) is 6.72. The van der Waals surface area contributed by atoms with Crippen molar-refractivity contribution in [1.29, 1.82) is 0 Å². The van der Waals surface area contributed by atoms with Crippen LogP contribution in [0.15, 0.2) is 0 Å². The van der Waals surface area contributed by atoms with Crippen LogP contribution < -0.4 is 59.3 Å². The third-order valence-electron chi connectivity index (χ3n) is 11.3. The maximum Gasteiger partial charge on any atom is 0.326 e. The number of hydrogen-bond acceptors (Lipinski definition) is 17. The van der Waals surface area contributed by atoms with Crippen LogP contribution in [0.5, 0.6) is 0 Å². The summed E-state index contributed by atoms with van der Waals surface area (Å²) in [4.78, 5) is 168. The summed E-state index contributed by atoms with van der Waals surface area (Å²) in [5, 5.41) is 59.1. The molecule has 0 rings (SSSR count). The van der Waals surface area contributed by atoms with Gasteiger partial charge in [0.1, 0.15) is 60.4 Å². The molecule has 75 heavy (non-hydrogen) atoms. The number of carboxylic acid groups (broad SMARTS) is 3. The number of aliphatic hydroxyl groups is 1. The van der Waals surface area contributed by atoms with Gasteiger partial charge in [-0.2, -0.15) is 24.4 Å². The molecule has 0 aliphatic carbocycles. The number of thioether (sulfide) groups is 1. The molecule has 0 aliphatic heterocycles. The van der Waals surface area contributed by atoms with Crippen molar-refractivity contribution < 1.29 is 82.8 Å². The Kier molecular flexibility index (Phi) is 32.1. The van der Waals surface area contributed by atoms with Crippen LogP contribution in [0.2, 0.25) is 0 Å². The summed E-state index contributed by atoms with van der Waals surface area (Å²) in [6.45, 7) is 10.2. The molecule has 0 aromatic carbocycles. The molecule has 0 bridgehead atoms. The molecule has 0 aliphatic rings. The van der Waals surface area contributed by atoms with Crippen molar-refractivity contribution in [3.8, 4) is 0 Å². The lowest BCUT2D eigenvalue weighted by molar-refractivity contribution is -0.144. The molecule has 0 saturated carbocycles. The number of aliphatic hydroxyl groups excluding tert-OH is 1. The Morgan fingerprint density at radius 1 is 0.533 bits per heavy atom. The zero-order chi connectivity index (χ0) is 57.9. The second kappa shape index (κ2) is 35.1. The Morgan fingerprint density at radius 2 is 0.987 bits per heavy atom. The van der Waals surface area contributed by atoms with E-state index in [1.807, 2.05) is 0 Å². The minimum Gasteiger partial charge on any atom is -0.481 e. The molecule has 0 heterocycles. The number of rotatable bonds is 37. The number of amides is 10. The number of primary amides is 1. The van der Waals surface area contributed by atoms with Gasteiger partial charge in [-0.15, -0.1) is 0 Å². The monoisotopic (exact) mass is 1110 g/mol. The summed E-state index contributed by atoms with van der Waals surface area (Å²) < 4.78 is 0. The topological polar surface area (TPSA) is 463 Å². The molecule has 0 aromatic rings. The second-order valence-electron chi connectivity index (χ2n) is 18.5. The first-order valence-corrected chi connectivity index (χ1v) is 26.1. The minimum absolute atomic E-state index is 0.00953. The number of thiol groups is 1. The Balaban J connectivity index is 6.45. The summed E-state index contributed by atoms with van der Waals surface area (Å²) in [5.41, 5.74) is 10.9. The standard InChI is InChI=1S/C45H77N11O17S2/c1-9-22(6)35(56-39(66)26(11-13-32(59)60)49-43(70)34(21(4)5)55-37(64)24(46)18-57)44(71)50-25(10-12-31(47)58)38(65)48-23(7)36(63)52-28(16-20(2)3)40(67)54-30(19-74)42(69)53-29(17-33(61)62)41(68)51-27(45(72)73)14-15-75-8/h20-30,34-35,57,74H,9-19,46H2,1-8H3,(H2,47,58)(H,48,65)(H,49,70)(H,50,71)(H,51,68)(H,52,63)(H,53,69)(H,54,67)(H,55,64)(H,56,66)(H,59,60)(H,61,62)(H,72,73)/t22-,23-,24-,25-,26-,27-,28-,29-,30-,34-,35-/m0/s1. The van der Waals surface area contributed by atoms with Gasteiger partial charge >= 0.3 is 17.9 Å². The van der Waals surface area contributed by atoms with Gasteiger partial charge in [0, 0.05) is 18.6 Å². The number of carbonyl (C=O) groups is 13. The minimum atomic E-state index is -1.77. The van der Waals surface area contributed by atoms with Gasteiger partial charge in [-0.1, -0.05) is 48.0 Å². The number of hydrogen-bond donors (Lipinski definition) is 16. The molecule has 0 aromatic heterocycles. The van der Waals surface area contributed by atoms with E-state index in [-0.39, 0.29) is 25.2 Å². The van der Waals surface area contributed by atoms with E-state index in [4.69, 9.17) is 11.5 Å². The molecule has 11 atom stereocenters. The van der Waals surface area contributed by atoms with E-state index in [0.29, 0.717) is 5.75 Å². The summed E-state index contributed by atoms with van der Waals surface area (Å²) in [6, 6.07) is -14.9. The molecule has 10 amide bonds. The van der Waals surface area contributed by atoms with E-state index in [1.165, 1.54) is 18.7 Å². The number of nitrogens with two attached hydrogens (primary N) is 2. The van der Waals surface area contributed by atoms with E-state index < -0.39 is 194 Å². The zero-order valence-electron chi connectivity index (χ0n) is 43.4. The van der Waals surface area contributed by atoms with Crippen molar-refractivity contribution in [1.82, 2.24) is 47.9 Å². The first-order chi connectivity index (χ1) is 34.9. The Hall–Kier alpha value is -6.27. The summed E-state index contributed by atoms with van der Waals surface area (Å²) in [7, 11) is 0. The third-order valence-corrected chi connectivity index (χ3v) is 12.3. The van der Waals surface area contributed by atoms with Crippen LogP contribution in [0.3, 0.4) is 0 Å². The molecule has 0 radical (unpaired) electrons. The van der Waals surface area contributed by atoms with Crippen LogP contribution in [0.25, 0.3) is 0 Å². The van der Waals surface area contributed by atoms with Crippen LogP contribution in [0.4, 0.5) is 0 Å². The molecule has 0 saturated heterocycles. The van der Waals surface area contributed by atoms with E-state index >= 15 is 0 Å². The van der Waals surface area contributed by atoms with Crippen molar-refractivity contribution in [2.75, 3.05) is 24.4 Å². The molecular formula is C45H77N11O17S2. The molecule has 30 heteroatoms. The van der Waals surface area contributed by atoms with Gasteiger partial charge in [0.15, 0.2) is 0 Å². The van der Waals surface area contributed by atoms with Crippen molar-refractivity contribution in [2.24, 2.45) is 29.2 Å². The van der Waals surface area contributed by atoms with E-state index in [1.54, 1.807) is 47.8 Å². The van der Waals surface area contributed by atoms with Gasteiger partial charge in [-0.25, -0.2) is 4.79 Å². The molecule has 28 nitrogen and oxygen atoms in total. The van der Waals surface area contributed by atoms with Crippen LogP contribution in [0.1, 0.15) is 99.8 Å². The van der Waals surface area contributed by atoms with Gasteiger partial charge in [0.2, 0.25) is 59.1 Å². The van der Waals surface area contributed by atoms with Gasteiger partial charge in [0.05, 0.1) is 13.0 Å². The smallest absolute Gasteiger partial charge is 0.326 e. The van der Waals surface area contributed by atoms with Crippen LogP contribution >= 0.6 is 24.4 Å². The maximum atomic E-state index is 14.0. The first-order valence-electron chi connectivity index (χ1n) is 24.1. The van der Waals surface area contributed by atoms with Gasteiger partial charge in [-0.05, 0) is 62.4 Å². The van der Waals surface area contributed by atoms with Crippen LogP contribution in [-0.2, 0) is 62.3 Å². The molecule has 17 N–H and O–H groups in total. The van der Waals surface area contributed by atoms with Crippen LogP contribution in [0, 0.1) is 17.8 Å². The highest BCUT2D eigenvalue weighted by atomic mass is 32.2. The fraction of sp³-hybridized carbons (Fsp3) is 0.711. The zero-order valence-corrected chi connectivity index (χ0v) is 45.1. The number of carbonyl (C=O) groups excluding carboxylic acids is 10. The van der Waals surface area contributed by atoms with Crippen molar-refractivity contribution in [2.45, 2.75) is 160 Å². The Morgan fingerprint density at radius 3 is 1.45 bits per heavy atom. The summed E-state index contributed by atoms with van der Waals surface area (Å²) >= 11 is 5.42. The van der Waals surface area contributed by atoms with Crippen molar-refractivity contribution >= 4 is 101 Å².